The number of amides is 2. The van der Waals surface area contributed by atoms with E-state index in [9.17, 15) is 14.0 Å². The number of methoxy groups -OCH3 is 1. The maximum absolute atomic E-state index is 14.3. The number of nitrogens with zero attached hydrogens (tertiary/aromatic N) is 4. The molecule has 1 saturated heterocycles. The molecule has 1 aliphatic heterocycles. The third-order valence-electron chi connectivity index (χ3n) is 6.76. The second kappa shape index (κ2) is 11.1. The van der Waals surface area contributed by atoms with Crippen molar-refractivity contribution in [3.05, 3.63) is 77.6 Å². The Morgan fingerprint density at radius 3 is 2.27 bits per heavy atom. The number of carbonyl (C=O) groups is 2. The number of para-hydroxylation sites is 1. The van der Waals surface area contributed by atoms with Gasteiger partial charge in [-0.05, 0) is 57.5 Å². The molecule has 0 spiro atoms. The van der Waals surface area contributed by atoms with Crippen molar-refractivity contribution in [2.24, 2.45) is 0 Å². The lowest BCUT2D eigenvalue weighted by Crippen LogP contribution is -2.51. The van der Waals surface area contributed by atoms with Crippen LogP contribution in [0.15, 0.2) is 60.7 Å². The van der Waals surface area contributed by atoms with Crippen LogP contribution in [0.1, 0.15) is 36.7 Å². The van der Waals surface area contributed by atoms with Crippen LogP contribution >= 0.6 is 0 Å². The summed E-state index contributed by atoms with van der Waals surface area (Å²) in [6, 6.07) is 17.1. The number of rotatable bonds is 5. The van der Waals surface area contributed by atoms with E-state index in [0.717, 1.165) is 0 Å². The fourth-order valence-electron chi connectivity index (χ4n) is 4.72. The number of aromatic nitrogens is 2. The molecule has 10 heteroatoms. The van der Waals surface area contributed by atoms with E-state index in [2.05, 4.69) is 4.98 Å². The lowest BCUT2D eigenvalue weighted by atomic mass is 10.1. The average molecular weight is 561 g/mol. The Kier molecular flexibility index (Phi) is 7.57. The first-order valence-electron chi connectivity index (χ1n) is 13.4. The number of piperazine rings is 1. The summed E-state index contributed by atoms with van der Waals surface area (Å²) in [5.74, 6) is 0.107. The number of pyridine rings is 1. The lowest BCUT2D eigenvalue weighted by Gasteiger charge is -2.35. The molecule has 9 nitrogen and oxygen atoms in total. The Labute approximate surface area is 238 Å². The van der Waals surface area contributed by atoms with Crippen LogP contribution in [0.4, 0.5) is 9.18 Å². The van der Waals surface area contributed by atoms with E-state index in [1.54, 1.807) is 32.6 Å². The first kappa shape index (κ1) is 27.9. The van der Waals surface area contributed by atoms with Crippen molar-refractivity contribution in [3.63, 3.8) is 0 Å². The Morgan fingerprint density at radius 1 is 0.927 bits per heavy atom. The summed E-state index contributed by atoms with van der Waals surface area (Å²) in [6.45, 7) is 8.51. The standard InChI is InChI=1S/C31H33FN4O5/c1-20-11-12-21(32)19-24(20)40-29-26(28(37)34-15-17-35(18-16-34)30(38)41-31(2,3)4)23-13-14-25(39-5)33-27(23)36(29)22-9-7-6-8-10-22/h6-14,19H,15-18H2,1-5H3. The van der Waals surface area contributed by atoms with Gasteiger partial charge < -0.3 is 24.0 Å². The smallest absolute Gasteiger partial charge is 0.410 e. The molecule has 0 atom stereocenters. The Balaban J connectivity index is 1.60. The summed E-state index contributed by atoms with van der Waals surface area (Å²) in [5, 5.41) is 0.554. The zero-order chi connectivity index (χ0) is 29.3. The summed E-state index contributed by atoms with van der Waals surface area (Å²) in [6.07, 6.45) is -0.410. The molecule has 41 heavy (non-hydrogen) atoms. The Bertz CT molecular complexity index is 1590. The first-order chi connectivity index (χ1) is 19.6. The van der Waals surface area contributed by atoms with Crippen LogP contribution in [0.3, 0.4) is 0 Å². The van der Waals surface area contributed by atoms with Crippen molar-refractivity contribution in [1.82, 2.24) is 19.4 Å². The van der Waals surface area contributed by atoms with Gasteiger partial charge in [-0.15, -0.1) is 0 Å². The third-order valence-corrected chi connectivity index (χ3v) is 6.76. The van der Waals surface area contributed by atoms with Crippen LogP contribution in [-0.2, 0) is 4.74 Å². The molecule has 0 saturated carbocycles. The number of hydrogen-bond acceptors (Lipinski definition) is 6. The molecule has 214 valence electrons. The van der Waals surface area contributed by atoms with Crippen LogP contribution in [0.25, 0.3) is 16.7 Å². The zero-order valence-electron chi connectivity index (χ0n) is 23.8. The predicted octanol–water partition coefficient (Wildman–Crippen LogP) is 5.97. The number of carbonyl (C=O) groups excluding carboxylic acids is 2. The highest BCUT2D eigenvalue weighted by atomic mass is 19.1. The van der Waals surface area contributed by atoms with Crippen LogP contribution in [0, 0.1) is 12.7 Å². The molecule has 2 aromatic carbocycles. The topological polar surface area (TPSA) is 86.1 Å². The highest BCUT2D eigenvalue weighted by molar-refractivity contribution is 6.09. The van der Waals surface area contributed by atoms with Gasteiger partial charge in [-0.3, -0.25) is 9.36 Å². The van der Waals surface area contributed by atoms with Crippen LogP contribution in [0.2, 0.25) is 0 Å². The molecule has 0 unspecified atom stereocenters. The Hall–Kier alpha value is -4.60. The van der Waals surface area contributed by atoms with Gasteiger partial charge in [-0.25, -0.2) is 9.18 Å². The van der Waals surface area contributed by atoms with Gasteiger partial charge in [0.2, 0.25) is 11.8 Å². The van der Waals surface area contributed by atoms with Gasteiger partial charge in [-0.1, -0.05) is 24.3 Å². The number of ether oxygens (including phenoxy) is 3. The van der Waals surface area contributed by atoms with Crippen molar-refractivity contribution < 1.29 is 28.2 Å². The normalized spacial score (nSPS) is 13.8. The third kappa shape index (κ3) is 5.82. The van der Waals surface area contributed by atoms with Gasteiger partial charge in [0.05, 0.1) is 12.8 Å². The number of benzene rings is 2. The molecule has 0 aliphatic carbocycles. The van der Waals surface area contributed by atoms with Crippen molar-refractivity contribution >= 4 is 23.0 Å². The highest BCUT2D eigenvalue weighted by Gasteiger charge is 2.33. The summed E-state index contributed by atoms with van der Waals surface area (Å²) < 4.78 is 33.3. The van der Waals surface area contributed by atoms with E-state index in [1.807, 2.05) is 58.0 Å². The molecular formula is C31H33FN4O5. The largest absolute Gasteiger partial charge is 0.481 e. The highest BCUT2D eigenvalue weighted by Crippen LogP contribution is 2.39. The first-order valence-corrected chi connectivity index (χ1v) is 13.4. The van der Waals surface area contributed by atoms with E-state index in [1.165, 1.54) is 19.2 Å². The van der Waals surface area contributed by atoms with Gasteiger partial charge >= 0.3 is 6.09 Å². The minimum atomic E-state index is -0.612. The van der Waals surface area contributed by atoms with Gasteiger partial charge in [0.1, 0.15) is 22.7 Å². The molecule has 0 N–H and O–H groups in total. The monoisotopic (exact) mass is 560 g/mol. The number of halogens is 1. The molecule has 2 amide bonds. The number of aryl methyl sites for hydroxylation is 1. The van der Waals surface area contributed by atoms with Crippen molar-refractivity contribution in [1.29, 1.82) is 0 Å². The fraction of sp³-hybridized carbons (Fsp3) is 0.323. The van der Waals surface area contributed by atoms with E-state index in [-0.39, 0.29) is 23.1 Å². The zero-order valence-corrected chi connectivity index (χ0v) is 23.8. The maximum atomic E-state index is 14.3. The summed E-state index contributed by atoms with van der Waals surface area (Å²) in [4.78, 5) is 34.8. The molecule has 4 aromatic rings. The van der Waals surface area contributed by atoms with Crippen LogP contribution in [0.5, 0.6) is 17.5 Å². The average Bonchev–Trinajstić information content (AvgIpc) is 3.26. The number of hydrogen-bond donors (Lipinski definition) is 0. The van der Waals surface area contributed by atoms with E-state index >= 15 is 0 Å². The van der Waals surface area contributed by atoms with Gasteiger partial charge in [0, 0.05) is 43.7 Å². The van der Waals surface area contributed by atoms with Crippen LogP contribution < -0.4 is 9.47 Å². The minimum Gasteiger partial charge on any atom is -0.481 e. The molecule has 3 heterocycles. The lowest BCUT2D eigenvalue weighted by molar-refractivity contribution is 0.0140. The van der Waals surface area contributed by atoms with Crippen molar-refractivity contribution in [2.75, 3.05) is 33.3 Å². The molecule has 0 radical (unpaired) electrons. The summed E-state index contributed by atoms with van der Waals surface area (Å²) in [5.41, 5.74) is 1.53. The van der Waals surface area contributed by atoms with E-state index in [4.69, 9.17) is 14.2 Å². The Morgan fingerprint density at radius 2 is 1.61 bits per heavy atom. The second-order valence-electron chi connectivity index (χ2n) is 10.8. The molecule has 2 aromatic heterocycles. The van der Waals surface area contributed by atoms with Gasteiger partial charge in [-0.2, -0.15) is 4.98 Å². The summed E-state index contributed by atoms with van der Waals surface area (Å²) in [7, 11) is 1.52. The second-order valence-corrected chi connectivity index (χ2v) is 10.8. The summed E-state index contributed by atoms with van der Waals surface area (Å²) >= 11 is 0. The van der Waals surface area contributed by atoms with Crippen LogP contribution in [-0.4, -0.2) is 70.2 Å². The molecular weight excluding hydrogens is 527 g/mol. The molecule has 5 rings (SSSR count). The molecule has 1 fully saturated rings. The minimum absolute atomic E-state index is 0.209. The van der Waals surface area contributed by atoms with Crippen molar-refractivity contribution in [3.8, 4) is 23.2 Å². The molecule has 0 bridgehead atoms. The van der Waals surface area contributed by atoms with Crippen molar-refractivity contribution in [2.45, 2.75) is 33.3 Å². The number of fused-ring (bicyclic) bond motifs is 1. The quantitative estimate of drug-likeness (QED) is 0.299. The molecule has 1 aliphatic rings. The van der Waals surface area contributed by atoms with E-state index in [0.29, 0.717) is 54.3 Å². The van der Waals surface area contributed by atoms with Gasteiger partial charge in [0.25, 0.3) is 5.91 Å². The van der Waals surface area contributed by atoms with Gasteiger partial charge in [0.15, 0.2) is 5.65 Å². The predicted molar refractivity (Wildman–Crippen MR) is 153 cm³/mol. The maximum Gasteiger partial charge on any atom is 0.410 e. The SMILES string of the molecule is COc1ccc2c(C(=O)N3CCN(C(=O)OC(C)(C)C)CC3)c(Oc3cc(F)ccc3C)n(-c3ccccc3)c2n1. The fourth-order valence-corrected chi connectivity index (χ4v) is 4.72. The van der Waals surface area contributed by atoms with E-state index < -0.39 is 17.5 Å².